The summed E-state index contributed by atoms with van der Waals surface area (Å²) >= 11 is 3.48. The zero-order valence-corrected chi connectivity index (χ0v) is 14.5. The largest absolute Gasteiger partial charge is 0.573 e. The number of aromatic nitrogens is 4. The fourth-order valence-electron chi connectivity index (χ4n) is 2.77. The SMILES string of the molecule is FC(F)(F)Oc1ccc(C2(c3c(Br)cncc3-n3nccn3)CO2)cc1. The highest BCUT2D eigenvalue weighted by Gasteiger charge is 2.51. The number of alkyl halides is 3. The second kappa shape index (κ2) is 6.06. The molecule has 1 saturated heterocycles. The maximum atomic E-state index is 12.3. The molecule has 26 heavy (non-hydrogen) atoms. The standard InChI is InChI=1S/C16H10BrF3N4O2/c17-12-7-21-8-13(24-22-5-6-23-24)14(12)15(9-25-15)10-1-3-11(4-2-10)26-16(18,19)20/h1-8H,9H2. The molecule has 6 nitrogen and oxygen atoms in total. The Kier molecular flexibility index (Phi) is 3.96. The molecule has 134 valence electrons. The smallest absolute Gasteiger partial charge is 0.406 e. The van der Waals surface area contributed by atoms with Crippen molar-refractivity contribution in [2.45, 2.75) is 12.0 Å². The lowest BCUT2D eigenvalue weighted by Gasteiger charge is -2.18. The van der Waals surface area contributed by atoms with Crippen LogP contribution in [0.15, 0.2) is 53.5 Å². The maximum absolute atomic E-state index is 12.3. The summed E-state index contributed by atoms with van der Waals surface area (Å²) in [6, 6.07) is 5.60. The van der Waals surface area contributed by atoms with Crippen molar-refractivity contribution in [3.63, 3.8) is 0 Å². The zero-order valence-electron chi connectivity index (χ0n) is 12.9. The molecule has 1 fully saturated rings. The van der Waals surface area contributed by atoms with Crippen LogP contribution in [0.25, 0.3) is 5.69 Å². The van der Waals surface area contributed by atoms with Gasteiger partial charge >= 0.3 is 6.36 Å². The van der Waals surface area contributed by atoms with Crippen LogP contribution in [-0.4, -0.2) is 32.9 Å². The van der Waals surface area contributed by atoms with E-state index in [1.165, 1.54) is 29.3 Å². The summed E-state index contributed by atoms with van der Waals surface area (Å²) in [6.45, 7) is 0.364. The molecule has 3 aromatic rings. The molecule has 0 radical (unpaired) electrons. The van der Waals surface area contributed by atoms with E-state index in [-0.39, 0.29) is 5.75 Å². The molecule has 1 unspecified atom stereocenters. The summed E-state index contributed by atoms with van der Waals surface area (Å²) in [5, 5.41) is 8.24. The third-order valence-electron chi connectivity index (χ3n) is 3.90. The molecule has 0 amide bonds. The number of ether oxygens (including phenoxy) is 2. The number of pyridine rings is 1. The van der Waals surface area contributed by atoms with E-state index in [1.54, 1.807) is 24.5 Å². The summed E-state index contributed by atoms with van der Waals surface area (Å²) in [4.78, 5) is 5.56. The van der Waals surface area contributed by atoms with Crippen LogP contribution in [0.3, 0.4) is 0 Å². The monoisotopic (exact) mass is 426 g/mol. The highest BCUT2D eigenvalue weighted by Crippen LogP contribution is 2.49. The number of epoxide rings is 1. The lowest BCUT2D eigenvalue weighted by Crippen LogP contribution is -2.18. The van der Waals surface area contributed by atoms with Gasteiger partial charge in [-0.05, 0) is 33.6 Å². The second-order valence-corrected chi connectivity index (χ2v) is 6.38. The summed E-state index contributed by atoms with van der Waals surface area (Å²) in [5.41, 5.74) is 1.22. The van der Waals surface area contributed by atoms with Crippen molar-refractivity contribution in [1.82, 2.24) is 20.0 Å². The molecule has 10 heteroatoms. The first-order chi connectivity index (χ1) is 12.4. The van der Waals surface area contributed by atoms with Crippen molar-refractivity contribution in [2.75, 3.05) is 6.61 Å². The van der Waals surface area contributed by atoms with E-state index in [0.29, 0.717) is 22.3 Å². The Morgan fingerprint density at radius 2 is 1.77 bits per heavy atom. The van der Waals surface area contributed by atoms with E-state index >= 15 is 0 Å². The number of halogens is 4. The van der Waals surface area contributed by atoms with Gasteiger partial charge in [-0.3, -0.25) is 4.98 Å². The summed E-state index contributed by atoms with van der Waals surface area (Å²) in [6.07, 6.45) is 1.56. The van der Waals surface area contributed by atoms with Gasteiger partial charge in [0, 0.05) is 16.2 Å². The highest BCUT2D eigenvalue weighted by atomic mass is 79.9. The molecule has 0 bridgehead atoms. The average Bonchev–Trinajstić information content (AvgIpc) is 3.19. The van der Waals surface area contributed by atoms with Gasteiger partial charge in [0.1, 0.15) is 17.0 Å². The van der Waals surface area contributed by atoms with Gasteiger partial charge in [0.2, 0.25) is 0 Å². The molecule has 4 rings (SSSR count). The number of rotatable bonds is 4. The molecule has 0 saturated carbocycles. The van der Waals surface area contributed by atoms with Crippen molar-refractivity contribution in [2.24, 2.45) is 0 Å². The normalized spacial score (nSPS) is 19.4. The molecule has 0 spiro atoms. The molecule has 3 heterocycles. The average molecular weight is 427 g/mol. The molecule has 1 aromatic carbocycles. The van der Waals surface area contributed by atoms with Crippen molar-refractivity contribution in [1.29, 1.82) is 0 Å². The molecule has 0 aliphatic carbocycles. The molecule has 1 aliphatic heterocycles. The predicted octanol–water partition coefficient (Wildman–Crippen LogP) is 3.60. The van der Waals surface area contributed by atoms with Gasteiger partial charge < -0.3 is 9.47 Å². The first-order valence-corrected chi connectivity index (χ1v) is 8.19. The molecule has 2 aromatic heterocycles. The van der Waals surface area contributed by atoms with Crippen LogP contribution in [0, 0.1) is 0 Å². The minimum absolute atomic E-state index is 0.292. The van der Waals surface area contributed by atoms with Gasteiger partial charge in [-0.25, -0.2) is 0 Å². The number of hydrogen-bond acceptors (Lipinski definition) is 5. The van der Waals surface area contributed by atoms with Crippen LogP contribution < -0.4 is 4.74 Å². The van der Waals surface area contributed by atoms with Gasteiger partial charge in [0.15, 0.2) is 0 Å². The quantitative estimate of drug-likeness (QED) is 0.596. The van der Waals surface area contributed by atoms with Gasteiger partial charge in [-0.15, -0.1) is 18.0 Å². The number of benzene rings is 1. The Morgan fingerprint density at radius 1 is 1.12 bits per heavy atom. The van der Waals surface area contributed by atoms with Gasteiger partial charge in [0.05, 0.1) is 25.2 Å². The zero-order chi connectivity index (χ0) is 18.4. The Labute approximate surface area is 153 Å². The van der Waals surface area contributed by atoms with Crippen molar-refractivity contribution in [3.8, 4) is 11.4 Å². The first-order valence-electron chi connectivity index (χ1n) is 7.40. The Bertz CT molecular complexity index is 926. The Hall–Kier alpha value is -2.46. The summed E-state index contributed by atoms with van der Waals surface area (Å²) in [7, 11) is 0. The third kappa shape index (κ3) is 3.06. The van der Waals surface area contributed by atoms with E-state index in [2.05, 4.69) is 35.8 Å². The fraction of sp³-hybridized carbons (Fsp3) is 0.188. The van der Waals surface area contributed by atoms with Crippen LogP contribution in [0.1, 0.15) is 11.1 Å². The van der Waals surface area contributed by atoms with E-state index in [9.17, 15) is 13.2 Å². The molecule has 1 atom stereocenters. The molecule has 0 N–H and O–H groups in total. The van der Waals surface area contributed by atoms with Gasteiger partial charge in [-0.1, -0.05) is 12.1 Å². The predicted molar refractivity (Wildman–Crippen MR) is 86.7 cm³/mol. The lowest BCUT2D eigenvalue weighted by molar-refractivity contribution is -0.274. The second-order valence-electron chi connectivity index (χ2n) is 5.52. The lowest BCUT2D eigenvalue weighted by atomic mass is 9.91. The van der Waals surface area contributed by atoms with Crippen LogP contribution in [0.5, 0.6) is 5.75 Å². The van der Waals surface area contributed by atoms with Crippen LogP contribution in [0.4, 0.5) is 13.2 Å². The Balaban J connectivity index is 1.75. The summed E-state index contributed by atoms with van der Waals surface area (Å²) < 4.78 is 47.4. The van der Waals surface area contributed by atoms with E-state index in [1.807, 2.05) is 0 Å². The number of hydrogen-bond donors (Lipinski definition) is 0. The van der Waals surface area contributed by atoms with Crippen LogP contribution >= 0.6 is 15.9 Å². The van der Waals surface area contributed by atoms with Crippen LogP contribution in [0.2, 0.25) is 0 Å². The topological polar surface area (TPSA) is 65.4 Å². The summed E-state index contributed by atoms with van der Waals surface area (Å²) in [5.74, 6) is -0.292. The third-order valence-corrected chi connectivity index (χ3v) is 4.51. The molecule has 1 aliphatic rings. The van der Waals surface area contributed by atoms with Gasteiger partial charge in [0.25, 0.3) is 0 Å². The minimum Gasteiger partial charge on any atom is -0.406 e. The van der Waals surface area contributed by atoms with Crippen molar-refractivity contribution >= 4 is 15.9 Å². The van der Waals surface area contributed by atoms with Crippen LogP contribution in [-0.2, 0) is 10.3 Å². The van der Waals surface area contributed by atoms with Crippen molar-refractivity contribution < 1.29 is 22.6 Å². The molecular formula is C16H10BrF3N4O2. The minimum atomic E-state index is -4.73. The first kappa shape index (κ1) is 17.0. The van der Waals surface area contributed by atoms with E-state index < -0.39 is 12.0 Å². The highest BCUT2D eigenvalue weighted by molar-refractivity contribution is 9.10. The van der Waals surface area contributed by atoms with E-state index in [0.717, 1.165) is 5.56 Å². The van der Waals surface area contributed by atoms with E-state index in [4.69, 9.17) is 4.74 Å². The number of nitrogens with zero attached hydrogens (tertiary/aromatic N) is 4. The fourth-order valence-corrected chi connectivity index (χ4v) is 3.41. The Morgan fingerprint density at radius 3 is 2.35 bits per heavy atom. The maximum Gasteiger partial charge on any atom is 0.573 e. The van der Waals surface area contributed by atoms with Crippen molar-refractivity contribution in [3.05, 3.63) is 64.7 Å². The van der Waals surface area contributed by atoms with Gasteiger partial charge in [-0.2, -0.15) is 10.2 Å². The molecular weight excluding hydrogens is 417 g/mol.